The van der Waals surface area contributed by atoms with Gasteiger partial charge in [-0.2, -0.15) is 0 Å². The molecule has 2 aromatic carbocycles. The monoisotopic (exact) mass is 480 g/mol. The van der Waals surface area contributed by atoms with E-state index in [1.54, 1.807) is 18.2 Å². The quantitative estimate of drug-likeness (QED) is 0.465. The lowest BCUT2D eigenvalue weighted by Crippen LogP contribution is -2.56. The first-order chi connectivity index (χ1) is 14.9. The maximum absolute atomic E-state index is 12.2. The van der Waals surface area contributed by atoms with Crippen molar-refractivity contribution >= 4 is 58.4 Å². The summed E-state index contributed by atoms with van der Waals surface area (Å²) in [5.74, 6) is -0.452. The molecule has 3 rings (SSSR count). The van der Waals surface area contributed by atoms with Crippen LogP contribution in [0.2, 0.25) is 10.0 Å². The molecule has 1 heterocycles. The van der Waals surface area contributed by atoms with E-state index >= 15 is 0 Å². The number of nitrogens with one attached hydrogen (secondary N) is 4. The van der Waals surface area contributed by atoms with Crippen LogP contribution in [0.4, 0.5) is 5.69 Å². The zero-order valence-corrected chi connectivity index (χ0v) is 18.8. The zero-order valence-electron chi connectivity index (χ0n) is 16.5. The molecule has 2 unspecified atom stereocenters. The van der Waals surface area contributed by atoms with Crippen LogP contribution in [0.25, 0.3) is 0 Å². The van der Waals surface area contributed by atoms with Gasteiger partial charge in [0, 0.05) is 31.1 Å². The van der Waals surface area contributed by atoms with Crippen LogP contribution in [0.3, 0.4) is 0 Å². The Balaban J connectivity index is 1.43. The van der Waals surface area contributed by atoms with Crippen molar-refractivity contribution in [1.29, 1.82) is 0 Å². The summed E-state index contributed by atoms with van der Waals surface area (Å²) in [5.41, 5.74) is 1.08. The molecule has 164 valence electrons. The molecule has 0 aromatic heterocycles. The summed E-state index contributed by atoms with van der Waals surface area (Å²) in [4.78, 5) is 36.5. The first kappa shape index (κ1) is 23.4. The van der Waals surface area contributed by atoms with E-state index in [4.69, 9.17) is 23.2 Å². The Hall–Kier alpha value is -2.26. The Morgan fingerprint density at radius 2 is 1.84 bits per heavy atom. The van der Waals surface area contributed by atoms with Crippen LogP contribution in [-0.2, 0) is 20.9 Å². The van der Waals surface area contributed by atoms with Gasteiger partial charge in [-0.15, -0.1) is 11.8 Å². The largest absolute Gasteiger partial charge is 0.352 e. The highest BCUT2D eigenvalue weighted by atomic mass is 35.5. The van der Waals surface area contributed by atoms with Gasteiger partial charge in [0.05, 0.1) is 15.8 Å². The highest BCUT2D eigenvalue weighted by molar-refractivity contribution is 8.00. The summed E-state index contributed by atoms with van der Waals surface area (Å²) < 4.78 is 0. The maximum atomic E-state index is 12.2. The third-order valence-electron chi connectivity index (χ3n) is 4.46. The first-order valence-corrected chi connectivity index (χ1v) is 11.4. The topological polar surface area (TPSA) is 99.3 Å². The fraction of sp³-hybridized carbons (Fsp3) is 0.286. The zero-order chi connectivity index (χ0) is 22.2. The predicted octanol–water partition coefficient (Wildman–Crippen LogP) is 3.13. The molecule has 0 bridgehead atoms. The summed E-state index contributed by atoms with van der Waals surface area (Å²) in [5, 5.41) is 12.3. The van der Waals surface area contributed by atoms with E-state index in [1.165, 1.54) is 11.8 Å². The number of amides is 3. The van der Waals surface area contributed by atoms with Crippen LogP contribution in [0.1, 0.15) is 18.4 Å². The molecule has 1 aliphatic rings. The molecule has 31 heavy (non-hydrogen) atoms. The van der Waals surface area contributed by atoms with E-state index in [-0.39, 0.29) is 42.4 Å². The molecule has 1 fully saturated rings. The maximum Gasteiger partial charge on any atom is 0.234 e. The van der Waals surface area contributed by atoms with E-state index in [0.717, 1.165) is 5.56 Å². The Morgan fingerprint density at radius 1 is 1.06 bits per heavy atom. The van der Waals surface area contributed by atoms with E-state index in [2.05, 4.69) is 21.3 Å². The summed E-state index contributed by atoms with van der Waals surface area (Å²) in [7, 11) is 0. The third-order valence-corrected chi connectivity index (χ3v) is 6.21. The minimum absolute atomic E-state index is 0.102. The van der Waals surface area contributed by atoms with Crippen molar-refractivity contribution in [1.82, 2.24) is 16.0 Å². The lowest BCUT2D eigenvalue weighted by molar-refractivity contribution is -0.125. The second-order valence-corrected chi connectivity index (χ2v) is 8.88. The molecule has 0 saturated carbocycles. The molecule has 4 N–H and O–H groups in total. The van der Waals surface area contributed by atoms with Gasteiger partial charge in [-0.25, -0.2) is 0 Å². The number of halogens is 2. The number of hydrogen-bond donors (Lipinski definition) is 4. The van der Waals surface area contributed by atoms with Gasteiger partial charge in [0.2, 0.25) is 17.7 Å². The van der Waals surface area contributed by atoms with E-state index < -0.39 is 5.50 Å². The van der Waals surface area contributed by atoms with Gasteiger partial charge in [0.25, 0.3) is 0 Å². The standard InChI is InChI=1S/C21H22Cl2N4O3S/c22-16-7-6-14(8-17(16)23)25-20(30)12-31-21-26-15(10-19(29)27-21)9-18(28)24-11-13-4-2-1-3-5-13/h1-8,15,21,26H,9-12H2,(H,24,28)(H,25,30)(H,27,29). The van der Waals surface area contributed by atoms with Gasteiger partial charge >= 0.3 is 0 Å². The molecule has 1 aliphatic heterocycles. The summed E-state index contributed by atoms with van der Waals surface area (Å²) in [6.07, 6.45) is 0.373. The van der Waals surface area contributed by atoms with Crippen LogP contribution in [0.5, 0.6) is 0 Å². The van der Waals surface area contributed by atoms with E-state index in [0.29, 0.717) is 22.3 Å². The van der Waals surface area contributed by atoms with Crippen molar-refractivity contribution in [2.45, 2.75) is 30.9 Å². The number of rotatable bonds is 8. The number of thioether (sulfide) groups is 1. The molecule has 7 nitrogen and oxygen atoms in total. The summed E-state index contributed by atoms with van der Waals surface area (Å²) in [6, 6.07) is 14.1. The van der Waals surface area contributed by atoms with Crippen molar-refractivity contribution < 1.29 is 14.4 Å². The van der Waals surface area contributed by atoms with Crippen molar-refractivity contribution in [2.75, 3.05) is 11.1 Å². The van der Waals surface area contributed by atoms with Crippen LogP contribution >= 0.6 is 35.0 Å². The molecule has 1 saturated heterocycles. The molecule has 3 amide bonds. The molecule has 0 radical (unpaired) electrons. The number of hydrogen-bond acceptors (Lipinski definition) is 5. The van der Waals surface area contributed by atoms with E-state index in [1.807, 2.05) is 30.3 Å². The second-order valence-electron chi connectivity index (χ2n) is 6.97. The minimum Gasteiger partial charge on any atom is -0.352 e. The van der Waals surface area contributed by atoms with Gasteiger partial charge in [-0.05, 0) is 23.8 Å². The van der Waals surface area contributed by atoms with Crippen LogP contribution in [0.15, 0.2) is 48.5 Å². The number of anilines is 1. The van der Waals surface area contributed by atoms with Crippen molar-refractivity contribution in [2.24, 2.45) is 0 Å². The highest BCUT2D eigenvalue weighted by Gasteiger charge is 2.28. The Morgan fingerprint density at radius 3 is 2.58 bits per heavy atom. The molecule has 2 atom stereocenters. The smallest absolute Gasteiger partial charge is 0.234 e. The van der Waals surface area contributed by atoms with Gasteiger partial charge in [-0.3, -0.25) is 19.7 Å². The lowest BCUT2D eigenvalue weighted by Gasteiger charge is -2.30. The average Bonchev–Trinajstić information content (AvgIpc) is 2.74. The van der Waals surface area contributed by atoms with Crippen molar-refractivity contribution in [3.63, 3.8) is 0 Å². The molecule has 0 aliphatic carbocycles. The molecule has 0 spiro atoms. The predicted molar refractivity (Wildman–Crippen MR) is 124 cm³/mol. The first-order valence-electron chi connectivity index (χ1n) is 9.61. The molecular formula is C21H22Cl2N4O3S. The van der Waals surface area contributed by atoms with Crippen LogP contribution in [-0.4, -0.2) is 35.0 Å². The number of carbonyl (C=O) groups is 3. The SMILES string of the molecule is O=C(CC1CC(=O)NC(SCC(=O)Nc2ccc(Cl)c(Cl)c2)N1)NCc1ccccc1. The normalized spacial score (nSPS) is 18.2. The Bertz CT molecular complexity index is 945. The second kappa shape index (κ2) is 11.4. The van der Waals surface area contributed by atoms with E-state index in [9.17, 15) is 14.4 Å². The highest BCUT2D eigenvalue weighted by Crippen LogP contribution is 2.25. The Kier molecular flexibility index (Phi) is 8.60. The molecular weight excluding hydrogens is 459 g/mol. The van der Waals surface area contributed by atoms with Crippen molar-refractivity contribution in [3.8, 4) is 0 Å². The van der Waals surface area contributed by atoms with Crippen LogP contribution < -0.4 is 21.3 Å². The third kappa shape index (κ3) is 7.74. The molecule has 2 aromatic rings. The number of benzene rings is 2. The van der Waals surface area contributed by atoms with Gasteiger partial charge in [-0.1, -0.05) is 53.5 Å². The average molecular weight is 481 g/mol. The lowest BCUT2D eigenvalue weighted by atomic mass is 10.1. The van der Waals surface area contributed by atoms with Gasteiger partial charge < -0.3 is 16.0 Å². The number of carbonyl (C=O) groups excluding carboxylic acids is 3. The fourth-order valence-electron chi connectivity index (χ4n) is 2.99. The van der Waals surface area contributed by atoms with Gasteiger partial charge in [0.15, 0.2) is 0 Å². The molecule has 10 heteroatoms. The minimum atomic E-state index is -0.465. The van der Waals surface area contributed by atoms with Crippen molar-refractivity contribution in [3.05, 3.63) is 64.1 Å². The van der Waals surface area contributed by atoms with Gasteiger partial charge in [0.1, 0.15) is 5.50 Å². The fourth-order valence-corrected chi connectivity index (χ4v) is 4.18. The summed E-state index contributed by atoms with van der Waals surface area (Å²) >= 11 is 13.0. The summed E-state index contributed by atoms with van der Waals surface area (Å²) in [6.45, 7) is 0.436. The Labute approximate surface area is 194 Å². The van der Waals surface area contributed by atoms with Crippen LogP contribution in [0, 0.1) is 0 Å².